The summed E-state index contributed by atoms with van der Waals surface area (Å²) in [5.41, 5.74) is 8.82. The van der Waals surface area contributed by atoms with Crippen LogP contribution in [0.15, 0.2) is 33.1 Å². The fourth-order valence-corrected chi connectivity index (χ4v) is 12.1. The van der Waals surface area contributed by atoms with Crippen LogP contribution in [0.2, 0.25) is 0 Å². The van der Waals surface area contributed by atoms with Crippen molar-refractivity contribution in [3.63, 3.8) is 0 Å². The van der Waals surface area contributed by atoms with Crippen molar-refractivity contribution < 1.29 is 23.2 Å². The first-order valence-electron chi connectivity index (χ1n) is 19.0. The van der Waals surface area contributed by atoms with Crippen molar-refractivity contribution in [1.29, 1.82) is 0 Å². The van der Waals surface area contributed by atoms with Gasteiger partial charge in [0.25, 0.3) is 5.56 Å². The van der Waals surface area contributed by atoms with E-state index < -0.39 is 43.5 Å². The van der Waals surface area contributed by atoms with Crippen molar-refractivity contribution in [2.45, 2.75) is 137 Å². The summed E-state index contributed by atoms with van der Waals surface area (Å²) in [6.45, 7) is 13.4. The highest BCUT2D eigenvalue weighted by Crippen LogP contribution is 2.67. The first-order valence-corrected chi connectivity index (χ1v) is 20.5. The molecule has 4 fully saturated rings. The van der Waals surface area contributed by atoms with E-state index in [0.717, 1.165) is 30.1 Å². The van der Waals surface area contributed by atoms with Crippen molar-refractivity contribution in [2.75, 3.05) is 6.61 Å². The van der Waals surface area contributed by atoms with Crippen LogP contribution in [-0.4, -0.2) is 39.3 Å². The van der Waals surface area contributed by atoms with Crippen molar-refractivity contribution >= 4 is 7.82 Å². The SMILES string of the molecule is Cc1cn([C@@H]2C[C@@H](N=[N+]=[N-])[C@H](COP(=O)(O)O[C@H]3CC[C@@]4(C)C(C=C[C@H]5[C@@H]6CC[C@H]([C@H](C)CCCC(C)C)[C@@]6(C)CC[C@@H]54)C3)O2)c(=O)[nH]c1=O. The fraction of sp³-hybridized carbons (Fsp3) is 0.838. The maximum absolute atomic E-state index is 13.2. The summed E-state index contributed by atoms with van der Waals surface area (Å²) < 4.78 is 31.6. The third kappa shape index (κ3) is 7.35. The Morgan fingerprint density at radius 2 is 1.84 bits per heavy atom. The minimum atomic E-state index is -4.48. The maximum Gasteiger partial charge on any atom is 0.472 e. The molecule has 50 heavy (non-hydrogen) atoms. The molecule has 2 heterocycles. The van der Waals surface area contributed by atoms with Gasteiger partial charge in [-0.3, -0.25) is 23.4 Å². The van der Waals surface area contributed by atoms with Gasteiger partial charge >= 0.3 is 13.5 Å². The lowest BCUT2D eigenvalue weighted by Gasteiger charge is -2.59. The van der Waals surface area contributed by atoms with Gasteiger partial charge in [-0.05, 0) is 110 Å². The van der Waals surface area contributed by atoms with Crippen molar-refractivity contribution in [1.82, 2.24) is 9.55 Å². The molecule has 0 radical (unpaired) electrons. The maximum atomic E-state index is 13.2. The van der Waals surface area contributed by atoms with Gasteiger partial charge < -0.3 is 9.63 Å². The Labute approximate surface area is 296 Å². The Balaban J connectivity index is 1.06. The van der Waals surface area contributed by atoms with E-state index in [2.05, 4.69) is 61.8 Å². The Kier molecular flexibility index (Phi) is 11.0. The van der Waals surface area contributed by atoms with Crippen LogP contribution < -0.4 is 11.2 Å². The van der Waals surface area contributed by atoms with Crippen LogP contribution in [0.1, 0.15) is 117 Å². The largest absolute Gasteiger partial charge is 0.472 e. The van der Waals surface area contributed by atoms with Gasteiger partial charge in [0.2, 0.25) is 0 Å². The molecule has 13 atom stereocenters. The number of aromatic amines is 1. The van der Waals surface area contributed by atoms with E-state index in [1.807, 2.05) is 0 Å². The van der Waals surface area contributed by atoms with Gasteiger partial charge in [-0.1, -0.05) is 71.1 Å². The molecule has 1 aromatic heterocycles. The van der Waals surface area contributed by atoms with Gasteiger partial charge in [-0.2, -0.15) is 0 Å². The lowest BCUT2D eigenvalue weighted by molar-refractivity contribution is -0.0822. The minimum absolute atomic E-state index is 0.134. The fourth-order valence-electron chi connectivity index (χ4n) is 11.1. The van der Waals surface area contributed by atoms with Gasteiger partial charge in [0.1, 0.15) is 6.23 Å². The number of nitrogens with one attached hydrogen (secondary N) is 1. The number of phosphoric acid groups is 1. The molecule has 0 aromatic carbocycles. The molecule has 4 aliphatic carbocycles. The third-order valence-electron chi connectivity index (χ3n) is 13.9. The molecule has 3 saturated carbocycles. The molecule has 5 aliphatic rings. The normalized spacial score (nSPS) is 39.6. The van der Waals surface area contributed by atoms with Crippen molar-refractivity contribution in [3.05, 3.63) is 55.2 Å². The summed E-state index contributed by atoms with van der Waals surface area (Å²) >= 11 is 0. The molecular weight excluding hydrogens is 657 g/mol. The highest BCUT2D eigenvalue weighted by molar-refractivity contribution is 7.47. The van der Waals surface area contributed by atoms with Gasteiger partial charge in [-0.15, -0.1) is 0 Å². The van der Waals surface area contributed by atoms with E-state index in [4.69, 9.17) is 19.3 Å². The number of fused-ring (bicyclic) bond motifs is 5. The molecule has 2 N–H and O–H groups in total. The Bertz CT molecular complexity index is 1640. The summed E-state index contributed by atoms with van der Waals surface area (Å²) in [5, 5.41) is 3.78. The summed E-state index contributed by atoms with van der Waals surface area (Å²) in [6.07, 6.45) is 15.8. The summed E-state index contributed by atoms with van der Waals surface area (Å²) in [7, 11) is -4.48. The van der Waals surface area contributed by atoms with E-state index in [-0.39, 0.29) is 24.4 Å². The van der Waals surface area contributed by atoms with Crippen LogP contribution in [0.25, 0.3) is 10.4 Å². The summed E-state index contributed by atoms with van der Waals surface area (Å²) in [4.78, 5) is 40.2. The number of phosphoric ester groups is 1. The number of allylic oxidation sites excluding steroid dienone is 2. The molecule has 2 unspecified atom stereocenters. The Hall–Kier alpha value is -2.20. The first-order chi connectivity index (χ1) is 23.6. The summed E-state index contributed by atoms with van der Waals surface area (Å²) in [6, 6.07) is -0.750. The molecule has 1 saturated heterocycles. The second-order valence-corrected chi connectivity index (χ2v) is 18.6. The molecule has 0 spiro atoms. The quantitative estimate of drug-likeness (QED) is 0.0722. The molecule has 13 heteroatoms. The zero-order valence-electron chi connectivity index (χ0n) is 30.7. The average molecular weight is 716 g/mol. The standard InChI is InChI=1S/C37H58N5O7P/c1-22(2)8-7-9-23(3)28-12-13-29-27-11-10-25-18-26(14-16-36(25,5)30(27)15-17-37(28,29)6)49-50(45,46)47-21-32-31(40-41-38)19-33(48-32)42-20-24(4)34(43)39-35(42)44/h10-11,20,22-23,25-33H,7-9,12-19,21H2,1-6H3,(H,45,46)(H,39,43,44)/t23-,25?,26+,27+,28-,29+,30+,31-,32+,33+,36+,37-/m1/s1. The van der Waals surface area contributed by atoms with Crippen LogP contribution in [0.3, 0.4) is 0 Å². The van der Waals surface area contributed by atoms with E-state index in [1.54, 1.807) is 6.92 Å². The lowest BCUT2D eigenvalue weighted by Crippen LogP contribution is -2.52. The number of nitrogens with zero attached hydrogens (tertiary/aromatic N) is 4. The van der Waals surface area contributed by atoms with Gasteiger partial charge in [0, 0.05) is 23.1 Å². The van der Waals surface area contributed by atoms with Crippen LogP contribution in [-0.2, 0) is 18.3 Å². The molecule has 6 rings (SSSR count). The highest BCUT2D eigenvalue weighted by Gasteiger charge is 2.59. The number of azide groups is 1. The molecule has 0 bridgehead atoms. The number of ether oxygens (including phenoxy) is 1. The van der Waals surface area contributed by atoms with Crippen LogP contribution in [0, 0.1) is 59.2 Å². The zero-order chi connectivity index (χ0) is 36.0. The number of hydrogen-bond acceptors (Lipinski definition) is 7. The lowest BCUT2D eigenvalue weighted by atomic mass is 9.46. The second kappa shape index (κ2) is 14.7. The monoisotopic (exact) mass is 715 g/mol. The van der Waals surface area contributed by atoms with Gasteiger partial charge in [-0.25, -0.2) is 9.36 Å². The predicted molar refractivity (Wildman–Crippen MR) is 191 cm³/mol. The molecular formula is C37H58N5O7P. The van der Waals surface area contributed by atoms with Gasteiger partial charge in [0.05, 0.1) is 24.9 Å². The number of aryl methyl sites for hydroxylation is 1. The van der Waals surface area contributed by atoms with E-state index >= 15 is 0 Å². The van der Waals surface area contributed by atoms with E-state index in [9.17, 15) is 19.0 Å². The number of H-pyrrole nitrogens is 1. The van der Waals surface area contributed by atoms with Crippen LogP contribution in [0.4, 0.5) is 0 Å². The van der Waals surface area contributed by atoms with Crippen LogP contribution in [0.5, 0.6) is 0 Å². The van der Waals surface area contributed by atoms with Crippen molar-refractivity contribution in [2.24, 2.45) is 57.4 Å². The van der Waals surface area contributed by atoms with Crippen LogP contribution >= 0.6 is 7.82 Å². The number of hydrogen-bond donors (Lipinski definition) is 2. The smallest absolute Gasteiger partial charge is 0.352 e. The average Bonchev–Trinajstić information content (AvgIpc) is 3.62. The highest BCUT2D eigenvalue weighted by atomic mass is 31.2. The van der Waals surface area contributed by atoms with E-state index in [0.29, 0.717) is 35.7 Å². The minimum Gasteiger partial charge on any atom is -0.352 e. The molecule has 0 amide bonds. The Morgan fingerprint density at radius 1 is 1.10 bits per heavy atom. The Morgan fingerprint density at radius 3 is 2.58 bits per heavy atom. The van der Waals surface area contributed by atoms with Gasteiger partial charge in [0.15, 0.2) is 0 Å². The topological polar surface area (TPSA) is 169 Å². The number of rotatable bonds is 12. The molecule has 1 aromatic rings. The van der Waals surface area contributed by atoms with Crippen molar-refractivity contribution in [3.8, 4) is 0 Å². The molecule has 278 valence electrons. The zero-order valence-corrected chi connectivity index (χ0v) is 31.6. The molecule has 1 aliphatic heterocycles. The predicted octanol–water partition coefficient (Wildman–Crippen LogP) is 8.21. The van der Waals surface area contributed by atoms with E-state index in [1.165, 1.54) is 55.7 Å². The first kappa shape index (κ1) is 37.6. The number of aromatic nitrogens is 2. The second-order valence-electron chi connectivity index (χ2n) is 17.2. The third-order valence-corrected chi connectivity index (χ3v) is 14.9. The summed E-state index contributed by atoms with van der Waals surface area (Å²) in [5.74, 6) is 4.57. The molecule has 12 nitrogen and oxygen atoms in total.